The number of benzene rings is 2. The standard InChI is InChI=1S/C22H26N2O4/c1-16(18-9-8-17(26-2)15-21(18)27-3)14-22(25)23-19-6-4-5-7-20(19)24-10-12-28-13-11-24/h4-9,14-15H,10-13H2,1-3H3,(H,23,25)/b16-14+. The SMILES string of the molecule is COc1ccc(/C(C)=C/C(=O)Nc2ccccc2N2CCOCC2)c(OC)c1. The maximum Gasteiger partial charge on any atom is 0.248 e. The molecule has 2 aromatic rings. The van der Waals surface area contributed by atoms with Crippen LogP contribution in [-0.4, -0.2) is 46.4 Å². The molecule has 0 spiro atoms. The van der Waals surface area contributed by atoms with Crippen molar-refractivity contribution in [2.24, 2.45) is 0 Å². The Labute approximate surface area is 165 Å². The molecule has 1 saturated heterocycles. The van der Waals surface area contributed by atoms with Gasteiger partial charge in [-0.25, -0.2) is 0 Å². The number of nitrogens with zero attached hydrogens (tertiary/aromatic N) is 1. The van der Waals surface area contributed by atoms with Crippen molar-refractivity contribution in [3.63, 3.8) is 0 Å². The predicted molar refractivity (Wildman–Crippen MR) is 111 cm³/mol. The van der Waals surface area contributed by atoms with E-state index in [0.29, 0.717) is 24.7 Å². The molecule has 0 saturated carbocycles. The normalized spacial score (nSPS) is 14.5. The van der Waals surface area contributed by atoms with E-state index in [2.05, 4.69) is 10.2 Å². The number of carbonyl (C=O) groups excluding carboxylic acids is 1. The van der Waals surface area contributed by atoms with E-state index < -0.39 is 0 Å². The van der Waals surface area contributed by atoms with E-state index in [4.69, 9.17) is 14.2 Å². The van der Waals surface area contributed by atoms with Crippen LogP contribution >= 0.6 is 0 Å². The average molecular weight is 382 g/mol. The van der Waals surface area contributed by atoms with Crippen LogP contribution in [-0.2, 0) is 9.53 Å². The molecule has 1 N–H and O–H groups in total. The van der Waals surface area contributed by atoms with Crippen molar-refractivity contribution in [3.8, 4) is 11.5 Å². The van der Waals surface area contributed by atoms with Gasteiger partial charge >= 0.3 is 0 Å². The Morgan fingerprint density at radius 3 is 2.57 bits per heavy atom. The fourth-order valence-electron chi connectivity index (χ4n) is 3.23. The van der Waals surface area contributed by atoms with Crippen LogP contribution < -0.4 is 19.7 Å². The Hall–Kier alpha value is -2.99. The molecule has 2 aromatic carbocycles. The predicted octanol–water partition coefficient (Wildman–Crippen LogP) is 3.58. The Morgan fingerprint density at radius 2 is 1.86 bits per heavy atom. The summed E-state index contributed by atoms with van der Waals surface area (Å²) in [4.78, 5) is 14.9. The highest BCUT2D eigenvalue weighted by Crippen LogP contribution is 2.30. The summed E-state index contributed by atoms with van der Waals surface area (Å²) in [5, 5.41) is 3.01. The van der Waals surface area contributed by atoms with Crippen LogP contribution in [0, 0.1) is 0 Å². The zero-order valence-electron chi connectivity index (χ0n) is 16.5. The number of hydrogen-bond acceptors (Lipinski definition) is 5. The number of rotatable bonds is 6. The van der Waals surface area contributed by atoms with Crippen LogP contribution in [0.4, 0.5) is 11.4 Å². The zero-order valence-corrected chi connectivity index (χ0v) is 16.5. The van der Waals surface area contributed by atoms with Crippen molar-refractivity contribution < 1.29 is 19.0 Å². The first kappa shape index (κ1) is 19.8. The highest BCUT2D eigenvalue weighted by Gasteiger charge is 2.15. The smallest absolute Gasteiger partial charge is 0.248 e. The highest BCUT2D eigenvalue weighted by molar-refractivity contribution is 6.05. The molecule has 1 heterocycles. The van der Waals surface area contributed by atoms with Crippen LogP contribution in [0.25, 0.3) is 5.57 Å². The lowest BCUT2D eigenvalue weighted by Crippen LogP contribution is -2.36. The van der Waals surface area contributed by atoms with E-state index in [1.807, 2.05) is 43.3 Å². The summed E-state index contributed by atoms with van der Waals surface area (Å²) < 4.78 is 16.1. The van der Waals surface area contributed by atoms with Crippen molar-refractivity contribution in [2.45, 2.75) is 6.92 Å². The summed E-state index contributed by atoms with van der Waals surface area (Å²) in [5.74, 6) is 1.18. The minimum Gasteiger partial charge on any atom is -0.497 e. The number of methoxy groups -OCH3 is 2. The first-order valence-electron chi connectivity index (χ1n) is 9.26. The molecule has 6 nitrogen and oxygen atoms in total. The van der Waals surface area contributed by atoms with E-state index in [1.54, 1.807) is 26.4 Å². The maximum absolute atomic E-state index is 12.7. The van der Waals surface area contributed by atoms with Crippen LogP contribution in [0.3, 0.4) is 0 Å². The van der Waals surface area contributed by atoms with Crippen molar-refractivity contribution in [1.82, 2.24) is 0 Å². The van der Waals surface area contributed by atoms with E-state index in [0.717, 1.165) is 35.6 Å². The number of allylic oxidation sites excluding steroid dienone is 1. The summed E-state index contributed by atoms with van der Waals surface area (Å²) in [6.45, 7) is 4.89. The molecule has 1 aliphatic rings. The molecule has 0 aromatic heterocycles. The van der Waals surface area contributed by atoms with Gasteiger partial charge in [-0.15, -0.1) is 0 Å². The molecule has 1 fully saturated rings. The van der Waals surface area contributed by atoms with Crippen molar-refractivity contribution >= 4 is 22.9 Å². The highest BCUT2D eigenvalue weighted by atomic mass is 16.5. The topological polar surface area (TPSA) is 60.0 Å². The van der Waals surface area contributed by atoms with Gasteiger partial charge in [0, 0.05) is 30.8 Å². The number of ether oxygens (including phenoxy) is 3. The van der Waals surface area contributed by atoms with Gasteiger partial charge < -0.3 is 24.4 Å². The third kappa shape index (κ3) is 4.64. The molecule has 28 heavy (non-hydrogen) atoms. The molecular formula is C22H26N2O4. The number of para-hydroxylation sites is 2. The lowest BCUT2D eigenvalue weighted by Gasteiger charge is -2.30. The van der Waals surface area contributed by atoms with Gasteiger partial charge in [-0.1, -0.05) is 12.1 Å². The number of amides is 1. The lowest BCUT2D eigenvalue weighted by atomic mass is 10.1. The quantitative estimate of drug-likeness (QED) is 0.774. The number of nitrogens with one attached hydrogen (secondary N) is 1. The summed E-state index contributed by atoms with van der Waals surface area (Å²) in [6, 6.07) is 13.4. The van der Waals surface area contributed by atoms with E-state index >= 15 is 0 Å². The lowest BCUT2D eigenvalue weighted by molar-refractivity contribution is -0.111. The van der Waals surface area contributed by atoms with Gasteiger partial charge in [0.15, 0.2) is 0 Å². The number of morpholine rings is 1. The van der Waals surface area contributed by atoms with Gasteiger partial charge in [0.2, 0.25) is 5.91 Å². The molecule has 148 valence electrons. The molecule has 0 unspecified atom stereocenters. The molecule has 0 atom stereocenters. The van der Waals surface area contributed by atoms with Gasteiger partial charge in [-0.05, 0) is 36.8 Å². The number of carbonyl (C=O) groups is 1. The molecule has 0 radical (unpaired) electrons. The maximum atomic E-state index is 12.7. The summed E-state index contributed by atoms with van der Waals surface area (Å²) >= 11 is 0. The third-order valence-corrected chi connectivity index (χ3v) is 4.69. The largest absolute Gasteiger partial charge is 0.497 e. The van der Waals surface area contributed by atoms with Gasteiger partial charge in [0.05, 0.1) is 38.8 Å². The molecule has 0 bridgehead atoms. The van der Waals surface area contributed by atoms with Crippen LogP contribution in [0.15, 0.2) is 48.5 Å². The van der Waals surface area contributed by atoms with Gasteiger partial charge in [-0.2, -0.15) is 0 Å². The van der Waals surface area contributed by atoms with Gasteiger partial charge in [-0.3, -0.25) is 4.79 Å². The fourth-order valence-corrected chi connectivity index (χ4v) is 3.23. The van der Waals surface area contributed by atoms with E-state index in [1.165, 1.54) is 0 Å². The van der Waals surface area contributed by atoms with E-state index in [9.17, 15) is 4.79 Å². The Bertz CT molecular complexity index is 857. The van der Waals surface area contributed by atoms with Gasteiger partial charge in [0.1, 0.15) is 11.5 Å². The molecule has 1 aliphatic heterocycles. The van der Waals surface area contributed by atoms with Crippen LogP contribution in [0.1, 0.15) is 12.5 Å². The third-order valence-electron chi connectivity index (χ3n) is 4.69. The minimum atomic E-state index is -0.184. The first-order chi connectivity index (χ1) is 13.6. The van der Waals surface area contributed by atoms with Gasteiger partial charge in [0.25, 0.3) is 0 Å². The van der Waals surface area contributed by atoms with Crippen LogP contribution in [0.5, 0.6) is 11.5 Å². The summed E-state index contributed by atoms with van der Waals surface area (Å²) in [7, 11) is 3.21. The van der Waals surface area contributed by atoms with Crippen molar-refractivity contribution in [2.75, 3.05) is 50.7 Å². The first-order valence-corrected chi connectivity index (χ1v) is 9.26. The molecular weight excluding hydrogens is 356 g/mol. The fraction of sp³-hybridized carbons (Fsp3) is 0.318. The van der Waals surface area contributed by atoms with Crippen molar-refractivity contribution in [3.05, 3.63) is 54.1 Å². The molecule has 1 amide bonds. The monoisotopic (exact) mass is 382 g/mol. The van der Waals surface area contributed by atoms with Crippen LogP contribution in [0.2, 0.25) is 0 Å². The molecule has 0 aliphatic carbocycles. The minimum absolute atomic E-state index is 0.184. The second kappa shape index (κ2) is 9.28. The average Bonchev–Trinajstić information content (AvgIpc) is 2.74. The second-order valence-electron chi connectivity index (χ2n) is 6.50. The Morgan fingerprint density at radius 1 is 1.11 bits per heavy atom. The number of anilines is 2. The summed E-state index contributed by atoms with van der Waals surface area (Å²) in [5.41, 5.74) is 3.45. The number of hydrogen-bond donors (Lipinski definition) is 1. The molecule has 6 heteroatoms. The molecule has 3 rings (SSSR count). The Kier molecular flexibility index (Phi) is 6.55. The van der Waals surface area contributed by atoms with E-state index in [-0.39, 0.29) is 5.91 Å². The zero-order chi connectivity index (χ0) is 19.9. The Balaban J connectivity index is 1.79. The van der Waals surface area contributed by atoms with Crippen molar-refractivity contribution in [1.29, 1.82) is 0 Å². The second-order valence-corrected chi connectivity index (χ2v) is 6.50. The summed E-state index contributed by atoms with van der Waals surface area (Å²) in [6.07, 6.45) is 1.58.